The zero-order valence-corrected chi connectivity index (χ0v) is 50.7. The van der Waals surface area contributed by atoms with Gasteiger partial charge in [-0.25, -0.2) is 0 Å². The molecule has 11 heteroatoms. The Kier molecular flexibility index (Phi) is 36.8. The molecule has 0 bridgehead atoms. The first-order valence-corrected chi connectivity index (χ1v) is 32.2. The van der Waals surface area contributed by atoms with Crippen LogP contribution in [0.1, 0.15) is 310 Å². The number of rotatable bonds is 47. The fourth-order valence-corrected chi connectivity index (χ4v) is 11.2. The third kappa shape index (κ3) is 30.6. The molecule has 446 valence electrons. The summed E-state index contributed by atoms with van der Waals surface area (Å²) in [4.78, 5) is 65.0. The normalized spacial score (nSPS) is 15.9. The van der Waals surface area contributed by atoms with Crippen molar-refractivity contribution in [1.29, 1.82) is 0 Å². The minimum Gasteiger partial charge on any atom is -0.487 e. The Morgan fingerprint density at radius 2 is 1.00 bits per heavy atom. The minimum atomic E-state index is -0.958. The number of ether oxygens (including phenoxy) is 6. The van der Waals surface area contributed by atoms with E-state index in [1.807, 2.05) is 6.07 Å². The Balaban J connectivity index is 1.40. The molecule has 0 spiro atoms. The summed E-state index contributed by atoms with van der Waals surface area (Å²) in [6.45, 7) is 14.7. The van der Waals surface area contributed by atoms with Gasteiger partial charge in [-0.05, 0) is 95.8 Å². The standard InChI is InChI=1S/C67H112O11/c1-8-11-14-16-18-20-22-24-26-28-30-32-35-40-61(68)74-51-56(52-75-62(69)41-36-33-31-29-27-25-23-21-19-17-15-12-9-2)76-65(72)48-54(5)47-64(71)73-45-38-37-42-63(70)77-59-49-55(39-34-13-10-3)50-60-66(59)57-46-53(4)43-44-58(57)67(6,7)78-60/h46,49-50,54,56-58H,8-45,47-48,51-52H2,1-7H3/t54?,57-,58-/m1/s1. The summed E-state index contributed by atoms with van der Waals surface area (Å²) in [7, 11) is 0. The van der Waals surface area contributed by atoms with Gasteiger partial charge in [-0.2, -0.15) is 0 Å². The first kappa shape index (κ1) is 68.4. The van der Waals surface area contributed by atoms with Gasteiger partial charge in [0.15, 0.2) is 6.10 Å². The Morgan fingerprint density at radius 1 is 0.551 bits per heavy atom. The number of allylic oxidation sites excluding steroid dienone is 2. The first-order chi connectivity index (χ1) is 37.8. The molecule has 2 aliphatic rings. The fraction of sp³-hybridized carbons (Fsp3) is 0.806. The first-order valence-electron chi connectivity index (χ1n) is 32.2. The Bertz CT molecular complexity index is 1810. The number of hydrogen-bond acceptors (Lipinski definition) is 11. The van der Waals surface area contributed by atoms with E-state index in [1.165, 1.54) is 134 Å². The van der Waals surface area contributed by atoms with Crippen molar-refractivity contribution in [2.24, 2.45) is 11.8 Å². The number of carbonyl (C=O) groups excluding carboxylic acids is 5. The van der Waals surface area contributed by atoms with Gasteiger partial charge in [0, 0.05) is 49.5 Å². The average Bonchev–Trinajstić information content (AvgIpc) is 3.54. The summed E-state index contributed by atoms with van der Waals surface area (Å²) in [6, 6.07) is 4.18. The lowest BCUT2D eigenvalue weighted by Crippen LogP contribution is -2.45. The third-order valence-electron chi connectivity index (χ3n) is 16.0. The highest BCUT2D eigenvalue weighted by Crippen LogP contribution is 2.54. The molecule has 1 aliphatic carbocycles. The van der Waals surface area contributed by atoms with Crippen LogP contribution in [0.5, 0.6) is 11.5 Å². The van der Waals surface area contributed by atoms with Crippen molar-refractivity contribution in [3.8, 4) is 11.5 Å². The number of benzene rings is 1. The van der Waals surface area contributed by atoms with Gasteiger partial charge in [0.2, 0.25) is 0 Å². The molecule has 3 rings (SSSR count). The zero-order chi connectivity index (χ0) is 56.6. The zero-order valence-electron chi connectivity index (χ0n) is 50.7. The maximum atomic E-state index is 13.4. The maximum Gasteiger partial charge on any atom is 0.311 e. The topological polar surface area (TPSA) is 141 Å². The van der Waals surface area contributed by atoms with Gasteiger partial charge < -0.3 is 28.4 Å². The Labute approximate surface area is 474 Å². The van der Waals surface area contributed by atoms with Crippen LogP contribution in [0.2, 0.25) is 0 Å². The fourth-order valence-electron chi connectivity index (χ4n) is 11.2. The van der Waals surface area contributed by atoms with Gasteiger partial charge >= 0.3 is 29.8 Å². The van der Waals surface area contributed by atoms with Crippen molar-refractivity contribution < 1.29 is 52.4 Å². The van der Waals surface area contributed by atoms with E-state index >= 15 is 0 Å². The Hall–Kier alpha value is -3.89. The molecule has 1 unspecified atom stereocenters. The Morgan fingerprint density at radius 3 is 1.51 bits per heavy atom. The van der Waals surface area contributed by atoms with E-state index in [-0.39, 0.29) is 87.3 Å². The number of fused-ring (bicyclic) bond motifs is 3. The van der Waals surface area contributed by atoms with Crippen LogP contribution < -0.4 is 9.47 Å². The molecule has 78 heavy (non-hydrogen) atoms. The second-order valence-electron chi connectivity index (χ2n) is 24.0. The van der Waals surface area contributed by atoms with Crippen molar-refractivity contribution in [2.75, 3.05) is 19.8 Å². The molecule has 1 heterocycles. The van der Waals surface area contributed by atoms with Crippen molar-refractivity contribution in [3.63, 3.8) is 0 Å². The highest BCUT2D eigenvalue weighted by molar-refractivity contribution is 5.75. The summed E-state index contributed by atoms with van der Waals surface area (Å²) < 4.78 is 35.2. The molecule has 1 aromatic rings. The lowest BCUT2D eigenvalue weighted by atomic mass is 9.68. The van der Waals surface area contributed by atoms with E-state index in [1.54, 1.807) is 6.92 Å². The van der Waals surface area contributed by atoms with Crippen LogP contribution >= 0.6 is 0 Å². The van der Waals surface area contributed by atoms with Crippen LogP contribution in [0.25, 0.3) is 0 Å². The maximum absolute atomic E-state index is 13.4. The van der Waals surface area contributed by atoms with Gasteiger partial charge in [0.05, 0.1) is 6.61 Å². The van der Waals surface area contributed by atoms with Crippen LogP contribution in [-0.4, -0.2) is 61.4 Å². The molecule has 0 saturated carbocycles. The molecule has 0 aromatic heterocycles. The van der Waals surface area contributed by atoms with Crippen molar-refractivity contribution >= 4 is 29.8 Å². The molecule has 1 aliphatic heterocycles. The monoisotopic (exact) mass is 1090 g/mol. The van der Waals surface area contributed by atoms with E-state index in [0.29, 0.717) is 18.6 Å². The van der Waals surface area contributed by atoms with Gasteiger partial charge in [0.1, 0.15) is 30.3 Å². The molecular formula is C67H112O11. The number of esters is 5. The molecule has 0 saturated heterocycles. The second-order valence-corrected chi connectivity index (χ2v) is 24.0. The molecule has 0 radical (unpaired) electrons. The number of carbonyl (C=O) groups is 5. The number of aryl methyl sites for hydroxylation is 1. The summed E-state index contributed by atoms with van der Waals surface area (Å²) in [5, 5.41) is 0. The summed E-state index contributed by atoms with van der Waals surface area (Å²) in [5.74, 6) is -0.686. The van der Waals surface area contributed by atoms with E-state index in [9.17, 15) is 24.0 Å². The molecule has 3 atom stereocenters. The molecule has 0 fully saturated rings. The van der Waals surface area contributed by atoms with Crippen LogP contribution in [0, 0.1) is 11.8 Å². The molecule has 0 amide bonds. The molecular weight excluding hydrogens is 981 g/mol. The lowest BCUT2D eigenvalue weighted by Gasteiger charge is -2.46. The molecule has 0 N–H and O–H groups in total. The van der Waals surface area contributed by atoms with E-state index < -0.39 is 24.0 Å². The highest BCUT2D eigenvalue weighted by atomic mass is 16.6. The quantitative estimate of drug-likeness (QED) is 0.0202. The summed E-state index contributed by atoms with van der Waals surface area (Å²) in [6.07, 6.45) is 40.8. The predicted octanol–water partition coefficient (Wildman–Crippen LogP) is 18.0. The molecule has 1 aromatic carbocycles. The van der Waals surface area contributed by atoms with Gasteiger partial charge in [-0.3, -0.25) is 24.0 Å². The summed E-state index contributed by atoms with van der Waals surface area (Å²) in [5.41, 5.74) is 3.07. The third-order valence-corrected chi connectivity index (χ3v) is 16.0. The predicted molar refractivity (Wildman–Crippen MR) is 315 cm³/mol. The van der Waals surface area contributed by atoms with Gasteiger partial charge in [0.25, 0.3) is 0 Å². The number of hydrogen-bond donors (Lipinski definition) is 0. The van der Waals surface area contributed by atoms with E-state index in [0.717, 1.165) is 93.9 Å². The van der Waals surface area contributed by atoms with Crippen molar-refractivity contribution in [3.05, 3.63) is 34.9 Å². The highest BCUT2D eigenvalue weighted by Gasteiger charge is 2.45. The molecule has 11 nitrogen and oxygen atoms in total. The van der Waals surface area contributed by atoms with Crippen LogP contribution in [0.15, 0.2) is 23.8 Å². The van der Waals surface area contributed by atoms with Crippen LogP contribution in [-0.2, 0) is 49.3 Å². The van der Waals surface area contributed by atoms with Gasteiger partial charge in [-0.1, -0.05) is 206 Å². The van der Waals surface area contributed by atoms with E-state index in [2.05, 4.69) is 53.7 Å². The van der Waals surface area contributed by atoms with Crippen LogP contribution in [0.4, 0.5) is 0 Å². The van der Waals surface area contributed by atoms with Gasteiger partial charge in [-0.15, -0.1) is 0 Å². The average molecular weight is 1090 g/mol. The second kappa shape index (κ2) is 42.0. The minimum absolute atomic E-state index is 0.00129. The SMILES string of the molecule is CCCCCCCCCCCCCCCC(=O)OCC(COC(=O)CCCCCCCCCCCCCCC)OC(=O)CC(C)CC(=O)OCCCCC(=O)Oc1cc(CCCCC)cc2c1[C@@H]1C=C(C)CC[C@H]1C(C)(C)O2. The lowest BCUT2D eigenvalue weighted by molar-refractivity contribution is -0.167. The summed E-state index contributed by atoms with van der Waals surface area (Å²) >= 11 is 0. The van der Waals surface area contributed by atoms with Crippen molar-refractivity contribution in [1.82, 2.24) is 0 Å². The van der Waals surface area contributed by atoms with Crippen molar-refractivity contribution in [2.45, 2.75) is 317 Å². The van der Waals surface area contributed by atoms with Crippen LogP contribution in [0.3, 0.4) is 0 Å². The number of unbranched alkanes of at least 4 members (excludes halogenated alkanes) is 27. The van der Waals surface area contributed by atoms with E-state index in [4.69, 9.17) is 28.4 Å². The largest absolute Gasteiger partial charge is 0.487 e. The smallest absolute Gasteiger partial charge is 0.311 e.